The lowest BCUT2D eigenvalue weighted by Crippen LogP contribution is -2.01. The zero-order valence-corrected chi connectivity index (χ0v) is 8.81. The Morgan fingerprint density at radius 2 is 2.27 bits per heavy atom. The largest absolute Gasteiger partial charge is 0.325 e. The summed E-state index contributed by atoms with van der Waals surface area (Å²) >= 11 is 0. The number of hydrogen-bond acceptors (Lipinski definition) is 4. The fourth-order valence-corrected chi connectivity index (χ4v) is 1.30. The molecule has 5 nitrogen and oxygen atoms in total. The minimum atomic E-state index is 0.418. The van der Waals surface area contributed by atoms with E-state index in [0.29, 0.717) is 12.4 Å². The van der Waals surface area contributed by atoms with Crippen molar-refractivity contribution < 1.29 is 0 Å². The van der Waals surface area contributed by atoms with Crippen LogP contribution in [0.1, 0.15) is 11.4 Å². The van der Waals surface area contributed by atoms with Crippen molar-refractivity contribution in [3.63, 3.8) is 0 Å². The van der Waals surface area contributed by atoms with Crippen LogP contribution in [0.3, 0.4) is 0 Å². The van der Waals surface area contributed by atoms with Gasteiger partial charge in [0.25, 0.3) is 0 Å². The van der Waals surface area contributed by atoms with E-state index in [1.165, 1.54) is 0 Å². The van der Waals surface area contributed by atoms with E-state index in [1.807, 2.05) is 20.0 Å². The van der Waals surface area contributed by atoms with Crippen molar-refractivity contribution in [2.24, 2.45) is 12.8 Å². The molecule has 0 bridgehead atoms. The molecule has 0 aliphatic carbocycles. The molecule has 78 valence electrons. The SMILES string of the molecule is Cc1cc(-c2nccc(CN)n2)nn1C. The van der Waals surface area contributed by atoms with E-state index in [0.717, 1.165) is 17.1 Å². The molecule has 5 heteroatoms. The maximum atomic E-state index is 5.52. The van der Waals surface area contributed by atoms with Crippen molar-refractivity contribution in [1.82, 2.24) is 19.7 Å². The summed E-state index contributed by atoms with van der Waals surface area (Å²) in [6.07, 6.45) is 1.70. The van der Waals surface area contributed by atoms with E-state index in [1.54, 1.807) is 16.9 Å². The zero-order valence-electron chi connectivity index (χ0n) is 8.81. The molecule has 0 amide bonds. The maximum Gasteiger partial charge on any atom is 0.180 e. The first-order valence-electron chi connectivity index (χ1n) is 4.73. The Balaban J connectivity index is 2.44. The van der Waals surface area contributed by atoms with Gasteiger partial charge in [-0.1, -0.05) is 0 Å². The molecule has 2 N–H and O–H groups in total. The zero-order chi connectivity index (χ0) is 10.8. The number of hydrogen-bond donors (Lipinski definition) is 1. The van der Waals surface area contributed by atoms with E-state index in [4.69, 9.17) is 5.73 Å². The van der Waals surface area contributed by atoms with Gasteiger partial charge in [-0.05, 0) is 19.1 Å². The fraction of sp³-hybridized carbons (Fsp3) is 0.300. The number of aryl methyl sites for hydroxylation is 2. The van der Waals surface area contributed by atoms with Crippen LogP contribution in [-0.2, 0) is 13.6 Å². The van der Waals surface area contributed by atoms with Crippen molar-refractivity contribution in [3.8, 4) is 11.5 Å². The average Bonchev–Trinajstić information content (AvgIpc) is 2.59. The minimum Gasteiger partial charge on any atom is -0.325 e. The van der Waals surface area contributed by atoms with Crippen molar-refractivity contribution in [1.29, 1.82) is 0 Å². The normalized spacial score (nSPS) is 10.6. The summed E-state index contributed by atoms with van der Waals surface area (Å²) in [7, 11) is 1.89. The van der Waals surface area contributed by atoms with Crippen LogP contribution in [0.2, 0.25) is 0 Å². The van der Waals surface area contributed by atoms with E-state index in [9.17, 15) is 0 Å². The van der Waals surface area contributed by atoms with Gasteiger partial charge in [0, 0.05) is 25.5 Å². The van der Waals surface area contributed by atoms with Gasteiger partial charge in [0.1, 0.15) is 5.69 Å². The van der Waals surface area contributed by atoms with Crippen LogP contribution in [-0.4, -0.2) is 19.7 Å². The number of nitrogens with two attached hydrogens (primary N) is 1. The van der Waals surface area contributed by atoms with E-state index >= 15 is 0 Å². The predicted molar refractivity (Wildman–Crippen MR) is 56.9 cm³/mol. The standard InChI is InChI=1S/C10H13N5/c1-7-5-9(14-15(7)2)10-12-4-3-8(6-11)13-10/h3-5H,6,11H2,1-2H3. The average molecular weight is 203 g/mol. The summed E-state index contributed by atoms with van der Waals surface area (Å²) in [5.74, 6) is 0.627. The van der Waals surface area contributed by atoms with E-state index in [2.05, 4.69) is 15.1 Å². The van der Waals surface area contributed by atoms with Gasteiger partial charge in [0.05, 0.1) is 5.69 Å². The third-order valence-electron chi connectivity index (χ3n) is 2.27. The molecule has 0 radical (unpaired) electrons. The second-order valence-corrected chi connectivity index (χ2v) is 3.37. The van der Waals surface area contributed by atoms with Gasteiger partial charge in [-0.15, -0.1) is 0 Å². The van der Waals surface area contributed by atoms with Crippen LogP contribution in [0, 0.1) is 6.92 Å². The molecule has 0 aromatic carbocycles. The highest BCUT2D eigenvalue weighted by Gasteiger charge is 2.07. The Morgan fingerprint density at radius 3 is 2.87 bits per heavy atom. The fourth-order valence-electron chi connectivity index (χ4n) is 1.30. The molecule has 0 atom stereocenters. The third kappa shape index (κ3) is 1.87. The molecule has 0 fully saturated rings. The van der Waals surface area contributed by atoms with Crippen molar-refractivity contribution in [2.75, 3.05) is 0 Å². The van der Waals surface area contributed by atoms with Gasteiger partial charge < -0.3 is 5.73 Å². The summed E-state index contributed by atoms with van der Waals surface area (Å²) in [4.78, 5) is 8.47. The highest BCUT2D eigenvalue weighted by molar-refractivity contribution is 5.49. The van der Waals surface area contributed by atoms with E-state index in [-0.39, 0.29) is 0 Å². The lowest BCUT2D eigenvalue weighted by atomic mass is 10.3. The smallest absolute Gasteiger partial charge is 0.180 e. The summed E-state index contributed by atoms with van der Waals surface area (Å²) < 4.78 is 1.80. The molecule has 2 heterocycles. The quantitative estimate of drug-likeness (QED) is 0.777. The summed E-state index contributed by atoms with van der Waals surface area (Å²) in [5, 5.41) is 4.31. The highest BCUT2D eigenvalue weighted by atomic mass is 15.3. The molecule has 0 spiro atoms. The Bertz CT molecular complexity index is 455. The van der Waals surface area contributed by atoms with Crippen LogP contribution in [0.5, 0.6) is 0 Å². The molecule has 2 aromatic heterocycles. The van der Waals surface area contributed by atoms with Crippen LogP contribution < -0.4 is 5.73 Å². The first kappa shape index (κ1) is 9.79. The van der Waals surface area contributed by atoms with Gasteiger partial charge in [0.15, 0.2) is 5.82 Å². The molecule has 0 aliphatic rings. The lowest BCUT2D eigenvalue weighted by molar-refractivity contribution is 0.740. The van der Waals surface area contributed by atoms with Crippen molar-refractivity contribution >= 4 is 0 Å². The second kappa shape index (κ2) is 3.78. The monoisotopic (exact) mass is 203 g/mol. The molecule has 2 rings (SSSR count). The molecule has 0 aliphatic heterocycles. The van der Waals surface area contributed by atoms with Crippen LogP contribution in [0.25, 0.3) is 11.5 Å². The summed E-state index contributed by atoms with van der Waals surface area (Å²) in [6.45, 7) is 2.41. The van der Waals surface area contributed by atoms with Crippen molar-refractivity contribution in [3.05, 3.63) is 29.7 Å². The number of rotatable bonds is 2. The van der Waals surface area contributed by atoms with Gasteiger partial charge in [0.2, 0.25) is 0 Å². The Morgan fingerprint density at radius 1 is 1.47 bits per heavy atom. The van der Waals surface area contributed by atoms with Gasteiger partial charge in [-0.25, -0.2) is 9.97 Å². The maximum absolute atomic E-state index is 5.52. The Kier molecular flexibility index (Phi) is 2.47. The van der Waals surface area contributed by atoms with Gasteiger partial charge in [-0.3, -0.25) is 4.68 Å². The number of aromatic nitrogens is 4. The first-order valence-corrected chi connectivity index (χ1v) is 4.73. The molecule has 2 aromatic rings. The number of nitrogens with zero attached hydrogens (tertiary/aromatic N) is 4. The van der Waals surface area contributed by atoms with Gasteiger partial charge >= 0.3 is 0 Å². The topological polar surface area (TPSA) is 69.6 Å². The molecule has 15 heavy (non-hydrogen) atoms. The van der Waals surface area contributed by atoms with Crippen LogP contribution >= 0.6 is 0 Å². The third-order valence-corrected chi connectivity index (χ3v) is 2.27. The first-order chi connectivity index (χ1) is 7.20. The van der Waals surface area contributed by atoms with Crippen LogP contribution in [0.4, 0.5) is 0 Å². The van der Waals surface area contributed by atoms with Gasteiger partial charge in [-0.2, -0.15) is 5.10 Å². The second-order valence-electron chi connectivity index (χ2n) is 3.37. The molecule has 0 saturated carbocycles. The summed E-state index contributed by atoms with van der Waals surface area (Å²) in [6, 6.07) is 3.76. The Labute approximate surface area is 88.0 Å². The molecule has 0 unspecified atom stereocenters. The van der Waals surface area contributed by atoms with Crippen molar-refractivity contribution in [2.45, 2.75) is 13.5 Å². The molecule has 0 saturated heterocycles. The van der Waals surface area contributed by atoms with Crippen LogP contribution in [0.15, 0.2) is 18.3 Å². The Hall–Kier alpha value is -1.75. The molecular weight excluding hydrogens is 190 g/mol. The highest BCUT2D eigenvalue weighted by Crippen LogP contribution is 2.13. The minimum absolute atomic E-state index is 0.418. The van der Waals surface area contributed by atoms with E-state index < -0.39 is 0 Å². The molecular formula is C10H13N5. The lowest BCUT2D eigenvalue weighted by Gasteiger charge is -1.97. The summed E-state index contributed by atoms with van der Waals surface area (Å²) in [5.41, 5.74) is 8.20. The predicted octanol–water partition coefficient (Wildman–Crippen LogP) is 0.644.